The van der Waals surface area contributed by atoms with Gasteiger partial charge in [0.05, 0.1) is 5.56 Å². The molecule has 0 aliphatic rings. The Bertz CT molecular complexity index is 415. The normalized spacial score (nSPS) is 9.60. The summed E-state index contributed by atoms with van der Waals surface area (Å²) < 4.78 is 0.875. The second-order valence-electron chi connectivity index (χ2n) is 4.01. The molecule has 0 radical (unpaired) electrons. The number of carbonyl (C=O) groups is 1. The van der Waals surface area contributed by atoms with Crippen molar-refractivity contribution in [2.45, 2.75) is 13.8 Å². The third kappa shape index (κ3) is 6.79. The average molecular weight is 387 g/mol. The zero-order valence-electron chi connectivity index (χ0n) is 11.7. The van der Waals surface area contributed by atoms with Crippen molar-refractivity contribution < 1.29 is 4.79 Å². The molecular formula is C13H22BrCl2N3O. The zero-order chi connectivity index (χ0) is 13.5. The number of amides is 1. The number of nitrogens with zero attached hydrogens (tertiary/aromatic N) is 1. The second kappa shape index (κ2) is 11.2. The molecule has 0 aliphatic carbocycles. The first-order valence-electron chi connectivity index (χ1n) is 6.14. The van der Waals surface area contributed by atoms with E-state index >= 15 is 0 Å². The molecule has 0 saturated heterocycles. The Labute approximate surface area is 141 Å². The van der Waals surface area contributed by atoms with Crippen LogP contribution in [0.1, 0.15) is 24.2 Å². The van der Waals surface area contributed by atoms with Crippen molar-refractivity contribution in [3.63, 3.8) is 0 Å². The summed E-state index contributed by atoms with van der Waals surface area (Å²) in [6.45, 7) is 7.70. The standard InChI is InChI=1S/C13H20BrN3O.2ClH/c1-3-17(4-2)8-7-16-13(18)11-6-5-10(14)9-12(11)15;;/h5-6,9H,3-4,7-8,15H2,1-2H3,(H,16,18);2*1H. The Morgan fingerprint density at radius 1 is 1.30 bits per heavy atom. The molecule has 20 heavy (non-hydrogen) atoms. The van der Waals surface area contributed by atoms with Gasteiger partial charge in [0, 0.05) is 23.2 Å². The minimum absolute atomic E-state index is 0. The van der Waals surface area contributed by atoms with Crippen molar-refractivity contribution in [1.29, 1.82) is 0 Å². The van der Waals surface area contributed by atoms with Gasteiger partial charge in [0.1, 0.15) is 0 Å². The number of hydrogen-bond acceptors (Lipinski definition) is 3. The van der Waals surface area contributed by atoms with Gasteiger partial charge in [-0.3, -0.25) is 4.79 Å². The molecule has 0 unspecified atom stereocenters. The van der Waals surface area contributed by atoms with Gasteiger partial charge in [0.25, 0.3) is 5.91 Å². The predicted molar refractivity (Wildman–Crippen MR) is 93.2 cm³/mol. The van der Waals surface area contributed by atoms with Gasteiger partial charge >= 0.3 is 0 Å². The van der Waals surface area contributed by atoms with Gasteiger partial charge in [0.2, 0.25) is 0 Å². The lowest BCUT2D eigenvalue weighted by molar-refractivity contribution is 0.0950. The molecule has 1 aromatic carbocycles. The van der Waals surface area contributed by atoms with Gasteiger partial charge in [-0.25, -0.2) is 0 Å². The molecule has 116 valence electrons. The fourth-order valence-electron chi connectivity index (χ4n) is 1.70. The number of rotatable bonds is 6. The molecular weight excluding hydrogens is 365 g/mol. The Kier molecular flexibility index (Phi) is 12.2. The lowest BCUT2D eigenvalue weighted by Gasteiger charge is -2.18. The van der Waals surface area contributed by atoms with E-state index in [4.69, 9.17) is 5.73 Å². The van der Waals surface area contributed by atoms with Crippen LogP contribution in [0.2, 0.25) is 0 Å². The van der Waals surface area contributed by atoms with Gasteiger partial charge < -0.3 is 16.0 Å². The number of nitrogens with two attached hydrogens (primary N) is 1. The molecule has 1 aromatic rings. The van der Waals surface area contributed by atoms with Gasteiger partial charge in [0.15, 0.2) is 0 Å². The first-order valence-corrected chi connectivity index (χ1v) is 6.93. The molecule has 0 spiro atoms. The molecule has 1 amide bonds. The topological polar surface area (TPSA) is 58.4 Å². The van der Waals surface area contributed by atoms with Crippen molar-refractivity contribution in [2.24, 2.45) is 0 Å². The van der Waals surface area contributed by atoms with Crippen molar-refractivity contribution >= 4 is 52.3 Å². The fraction of sp³-hybridized carbons (Fsp3) is 0.462. The van der Waals surface area contributed by atoms with E-state index in [0.29, 0.717) is 17.8 Å². The van der Waals surface area contributed by atoms with Crippen LogP contribution in [0.25, 0.3) is 0 Å². The van der Waals surface area contributed by atoms with Gasteiger partial charge in [-0.05, 0) is 31.3 Å². The maximum absolute atomic E-state index is 11.9. The fourth-order valence-corrected chi connectivity index (χ4v) is 2.08. The van der Waals surface area contributed by atoms with Crippen LogP contribution >= 0.6 is 40.7 Å². The third-order valence-corrected chi connectivity index (χ3v) is 3.36. The van der Waals surface area contributed by atoms with E-state index in [0.717, 1.165) is 24.1 Å². The smallest absolute Gasteiger partial charge is 0.253 e. The minimum Gasteiger partial charge on any atom is -0.398 e. The summed E-state index contributed by atoms with van der Waals surface area (Å²) in [5.41, 5.74) is 6.82. The third-order valence-electron chi connectivity index (χ3n) is 2.87. The lowest BCUT2D eigenvalue weighted by Crippen LogP contribution is -2.35. The van der Waals surface area contributed by atoms with Crippen molar-refractivity contribution in [1.82, 2.24) is 10.2 Å². The summed E-state index contributed by atoms with van der Waals surface area (Å²) in [5.74, 6) is -0.118. The van der Waals surface area contributed by atoms with Gasteiger partial charge in [-0.2, -0.15) is 0 Å². The van der Waals surface area contributed by atoms with E-state index < -0.39 is 0 Å². The predicted octanol–water partition coefficient (Wildman–Crippen LogP) is 2.95. The number of nitrogens with one attached hydrogen (secondary N) is 1. The first-order chi connectivity index (χ1) is 8.58. The van der Waals surface area contributed by atoms with E-state index in [1.165, 1.54) is 0 Å². The van der Waals surface area contributed by atoms with Crippen molar-refractivity contribution in [2.75, 3.05) is 31.9 Å². The van der Waals surface area contributed by atoms with Crippen molar-refractivity contribution in [3.8, 4) is 0 Å². The Morgan fingerprint density at radius 3 is 2.40 bits per heavy atom. The maximum Gasteiger partial charge on any atom is 0.253 e. The van der Waals surface area contributed by atoms with E-state index in [1.807, 2.05) is 6.07 Å². The molecule has 0 aromatic heterocycles. The number of anilines is 1. The Balaban J connectivity index is 0. The first kappa shape index (κ1) is 21.8. The summed E-state index contributed by atoms with van der Waals surface area (Å²) in [6, 6.07) is 5.28. The zero-order valence-corrected chi connectivity index (χ0v) is 14.9. The van der Waals surface area contributed by atoms with E-state index in [2.05, 4.69) is 40.0 Å². The van der Waals surface area contributed by atoms with Crippen LogP contribution in [0, 0.1) is 0 Å². The Morgan fingerprint density at radius 2 is 1.90 bits per heavy atom. The molecule has 0 heterocycles. The highest BCUT2D eigenvalue weighted by Crippen LogP contribution is 2.18. The molecule has 4 nitrogen and oxygen atoms in total. The van der Waals surface area contributed by atoms with Crippen LogP contribution in [0.5, 0.6) is 0 Å². The van der Waals surface area contributed by atoms with Gasteiger partial charge in [-0.1, -0.05) is 29.8 Å². The molecule has 1 rings (SSSR count). The summed E-state index contributed by atoms with van der Waals surface area (Å²) in [6.07, 6.45) is 0. The monoisotopic (exact) mass is 385 g/mol. The maximum atomic E-state index is 11.9. The number of hydrogen-bond donors (Lipinski definition) is 2. The number of halogens is 3. The lowest BCUT2D eigenvalue weighted by atomic mass is 10.1. The summed E-state index contributed by atoms with van der Waals surface area (Å²) in [4.78, 5) is 14.2. The molecule has 0 bridgehead atoms. The number of nitrogen functional groups attached to an aromatic ring is 1. The largest absolute Gasteiger partial charge is 0.398 e. The summed E-state index contributed by atoms with van der Waals surface area (Å²) >= 11 is 3.32. The molecule has 0 atom stereocenters. The number of carbonyl (C=O) groups excluding carboxylic acids is 1. The number of benzene rings is 1. The van der Waals surface area contributed by atoms with Crippen LogP contribution in [-0.2, 0) is 0 Å². The minimum atomic E-state index is -0.118. The van der Waals surface area contributed by atoms with Crippen LogP contribution < -0.4 is 11.1 Å². The molecule has 0 aliphatic heterocycles. The highest BCUT2D eigenvalue weighted by molar-refractivity contribution is 9.10. The summed E-state index contributed by atoms with van der Waals surface area (Å²) in [5, 5.41) is 2.88. The highest BCUT2D eigenvalue weighted by atomic mass is 79.9. The van der Waals surface area contributed by atoms with Crippen LogP contribution in [0.3, 0.4) is 0 Å². The van der Waals surface area contributed by atoms with Crippen LogP contribution in [0.4, 0.5) is 5.69 Å². The average Bonchev–Trinajstić information content (AvgIpc) is 2.34. The molecule has 0 saturated carbocycles. The molecule has 7 heteroatoms. The molecule has 3 N–H and O–H groups in total. The number of likely N-dealkylation sites (N-methyl/N-ethyl adjacent to an activating group) is 1. The summed E-state index contributed by atoms with van der Waals surface area (Å²) in [7, 11) is 0. The Hall–Kier alpha value is -0.490. The molecule has 0 fully saturated rings. The second-order valence-corrected chi connectivity index (χ2v) is 4.93. The van der Waals surface area contributed by atoms with Crippen LogP contribution in [-0.4, -0.2) is 37.0 Å². The van der Waals surface area contributed by atoms with E-state index in [9.17, 15) is 4.79 Å². The van der Waals surface area contributed by atoms with E-state index in [1.54, 1.807) is 12.1 Å². The SMILES string of the molecule is CCN(CC)CCNC(=O)c1ccc(Br)cc1N.Cl.Cl. The van der Waals surface area contributed by atoms with Crippen molar-refractivity contribution in [3.05, 3.63) is 28.2 Å². The highest BCUT2D eigenvalue weighted by Gasteiger charge is 2.09. The van der Waals surface area contributed by atoms with Crippen LogP contribution in [0.15, 0.2) is 22.7 Å². The van der Waals surface area contributed by atoms with Gasteiger partial charge in [-0.15, -0.1) is 24.8 Å². The quantitative estimate of drug-likeness (QED) is 0.739. The van der Waals surface area contributed by atoms with E-state index in [-0.39, 0.29) is 30.7 Å².